The van der Waals surface area contributed by atoms with E-state index >= 15 is 0 Å². The Morgan fingerprint density at radius 1 is 0.857 bits per heavy atom. The van der Waals surface area contributed by atoms with E-state index in [-0.39, 0.29) is 5.54 Å². The van der Waals surface area contributed by atoms with Crippen LogP contribution in [0.4, 0.5) is 0 Å². The van der Waals surface area contributed by atoms with E-state index in [9.17, 15) is 0 Å². The van der Waals surface area contributed by atoms with Crippen LogP contribution in [0.2, 0.25) is 0 Å². The third kappa shape index (κ3) is 4.67. The maximum Gasteiger partial charge on any atom is 0.0528 e. The summed E-state index contributed by atoms with van der Waals surface area (Å²) in [6.07, 6.45) is 1.80. The maximum atomic E-state index is 6.16. The highest BCUT2D eigenvalue weighted by Crippen LogP contribution is 2.19. The van der Waals surface area contributed by atoms with Gasteiger partial charge in [0.15, 0.2) is 0 Å². The van der Waals surface area contributed by atoms with Crippen molar-refractivity contribution in [2.75, 3.05) is 20.6 Å². The lowest BCUT2D eigenvalue weighted by molar-refractivity contribution is 0.160. The van der Waals surface area contributed by atoms with E-state index in [2.05, 4.69) is 54.0 Å². The fourth-order valence-electron chi connectivity index (χ4n) is 2.78. The maximum absolute atomic E-state index is 6.16. The number of benzene rings is 2. The van der Waals surface area contributed by atoms with Gasteiger partial charge >= 0.3 is 0 Å². The highest BCUT2D eigenvalue weighted by Gasteiger charge is 2.29. The predicted octanol–water partition coefficient (Wildman–Crippen LogP) is 2.24. The molecule has 0 saturated heterocycles. The SMILES string of the molecule is CN(C)NC(CN)(Cc1ccccc1)Cc1ccccc1. The van der Waals surface area contributed by atoms with Gasteiger partial charge in [-0.25, -0.2) is 5.43 Å². The van der Waals surface area contributed by atoms with Gasteiger partial charge in [0.25, 0.3) is 0 Å². The molecular weight excluding hydrogens is 258 g/mol. The molecule has 0 atom stereocenters. The second kappa shape index (κ2) is 7.36. The molecule has 0 heterocycles. The minimum atomic E-state index is -0.174. The minimum Gasteiger partial charge on any atom is -0.329 e. The number of hydrogen-bond donors (Lipinski definition) is 2. The van der Waals surface area contributed by atoms with E-state index in [1.54, 1.807) is 0 Å². The van der Waals surface area contributed by atoms with Crippen LogP contribution in [0.1, 0.15) is 11.1 Å². The van der Waals surface area contributed by atoms with E-state index in [0.717, 1.165) is 12.8 Å². The molecule has 0 aliphatic carbocycles. The zero-order valence-electron chi connectivity index (χ0n) is 12.9. The third-order valence-electron chi connectivity index (χ3n) is 3.62. The van der Waals surface area contributed by atoms with Crippen molar-refractivity contribution in [1.29, 1.82) is 0 Å². The average molecular weight is 283 g/mol. The van der Waals surface area contributed by atoms with Gasteiger partial charge in [0.1, 0.15) is 0 Å². The monoisotopic (exact) mass is 283 g/mol. The molecule has 2 aromatic carbocycles. The van der Waals surface area contributed by atoms with Crippen molar-refractivity contribution in [1.82, 2.24) is 10.4 Å². The van der Waals surface area contributed by atoms with E-state index in [1.807, 2.05) is 31.2 Å². The zero-order valence-corrected chi connectivity index (χ0v) is 12.9. The molecule has 21 heavy (non-hydrogen) atoms. The average Bonchev–Trinajstić information content (AvgIpc) is 2.48. The number of hydrazine groups is 1. The molecule has 112 valence electrons. The lowest BCUT2D eigenvalue weighted by atomic mass is 9.85. The molecule has 0 fully saturated rings. The van der Waals surface area contributed by atoms with Crippen LogP contribution in [-0.4, -0.2) is 31.2 Å². The summed E-state index contributed by atoms with van der Waals surface area (Å²) in [5.74, 6) is 0. The Morgan fingerprint density at radius 2 is 1.29 bits per heavy atom. The Kier molecular flexibility index (Phi) is 5.51. The van der Waals surface area contributed by atoms with E-state index in [0.29, 0.717) is 6.54 Å². The largest absolute Gasteiger partial charge is 0.329 e. The van der Waals surface area contributed by atoms with Crippen molar-refractivity contribution < 1.29 is 0 Å². The Hall–Kier alpha value is -1.68. The quantitative estimate of drug-likeness (QED) is 0.766. The minimum absolute atomic E-state index is 0.174. The molecule has 0 bridgehead atoms. The van der Waals surface area contributed by atoms with Gasteiger partial charge < -0.3 is 5.73 Å². The van der Waals surface area contributed by atoms with Gasteiger partial charge in [0.05, 0.1) is 5.54 Å². The highest BCUT2D eigenvalue weighted by atomic mass is 15.5. The van der Waals surface area contributed by atoms with E-state index < -0.39 is 0 Å². The molecule has 0 aliphatic heterocycles. The number of nitrogens with two attached hydrogens (primary N) is 1. The third-order valence-corrected chi connectivity index (χ3v) is 3.62. The molecule has 3 nitrogen and oxygen atoms in total. The Bertz CT molecular complexity index is 481. The molecule has 0 unspecified atom stereocenters. The Balaban J connectivity index is 2.24. The van der Waals surface area contributed by atoms with Gasteiger partial charge in [0.2, 0.25) is 0 Å². The molecule has 0 aliphatic rings. The van der Waals surface area contributed by atoms with Gasteiger partial charge in [-0.15, -0.1) is 0 Å². The molecule has 3 N–H and O–H groups in total. The van der Waals surface area contributed by atoms with Gasteiger partial charge in [-0.3, -0.25) is 5.01 Å². The lowest BCUT2D eigenvalue weighted by Gasteiger charge is -2.37. The van der Waals surface area contributed by atoms with Crippen molar-refractivity contribution in [3.8, 4) is 0 Å². The lowest BCUT2D eigenvalue weighted by Crippen LogP contribution is -2.59. The normalized spacial score (nSPS) is 11.8. The topological polar surface area (TPSA) is 41.3 Å². The second-order valence-electron chi connectivity index (χ2n) is 5.82. The van der Waals surface area contributed by atoms with Crippen LogP contribution in [0.15, 0.2) is 60.7 Å². The molecule has 2 aromatic rings. The Morgan fingerprint density at radius 3 is 1.62 bits per heavy atom. The molecular formula is C18H25N3. The summed E-state index contributed by atoms with van der Waals surface area (Å²) in [4.78, 5) is 0. The smallest absolute Gasteiger partial charge is 0.0528 e. The second-order valence-corrected chi connectivity index (χ2v) is 5.82. The van der Waals surface area contributed by atoms with Crippen LogP contribution >= 0.6 is 0 Å². The summed E-state index contributed by atoms with van der Waals surface area (Å²) in [7, 11) is 4.03. The zero-order chi connectivity index (χ0) is 15.1. The van der Waals surface area contributed by atoms with Crippen molar-refractivity contribution in [2.24, 2.45) is 5.73 Å². The number of nitrogens with one attached hydrogen (secondary N) is 1. The number of rotatable bonds is 7. The molecule has 0 radical (unpaired) electrons. The molecule has 3 heteroatoms. The van der Waals surface area contributed by atoms with Crippen molar-refractivity contribution in [3.63, 3.8) is 0 Å². The van der Waals surface area contributed by atoms with Gasteiger partial charge in [0, 0.05) is 20.6 Å². The Labute approximate surface area is 127 Å². The predicted molar refractivity (Wildman–Crippen MR) is 88.9 cm³/mol. The van der Waals surface area contributed by atoms with Crippen LogP contribution in [0.25, 0.3) is 0 Å². The summed E-state index contributed by atoms with van der Waals surface area (Å²) >= 11 is 0. The first kappa shape index (κ1) is 15.7. The first-order valence-corrected chi connectivity index (χ1v) is 7.37. The van der Waals surface area contributed by atoms with Crippen LogP contribution < -0.4 is 11.2 Å². The van der Waals surface area contributed by atoms with Crippen molar-refractivity contribution in [3.05, 3.63) is 71.8 Å². The van der Waals surface area contributed by atoms with Gasteiger partial charge in [-0.05, 0) is 24.0 Å². The van der Waals surface area contributed by atoms with Crippen LogP contribution in [-0.2, 0) is 12.8 Å². The van der Waals surface area contributed by atoms with Crippen LogP contribution in [0.5, 0.6) is 0 Å². The highest BCUT2D eigenvalue weighted by molar-refractivity contribution is 5.23. The van der Waals surface area contributed by atoms with Crippen molar-refractivity contribution in [2.45, 2.75) is 18.4 Å². The molecule has 0 amide bonds. The number of hydrogen-bond acceptors (Lipinski definition) is 3. The first-order valence-electron chi connectivity index (χ1n) is 7.37. The summed E-state index contributed by atoms with van der Waals surface area (Å²) in [6, 6.07) is 21.0. The van der Waals surface area contributed by atoms with Crippen molar-refractivity contribution >= 4 is 0 Å². The fourth-order valence-corrected chi connectivity index (χ4v) is 2.78. The van der Waals surface area contributed by atoms with E-state index in [4.69, 9.17) is 5.73 Å². The molecule has 2 rings (SSSR count). The summed E-state index contributed by atoms with van der Waals surface area (Å²) in [6.45, 7) is 0.578. The van der Waals surface area contributed by atoms with E-state index in [1.165, 1.54) is 11.1 Å². The van der Waals surface area contributed by atoms with Gasteiger partial charge in [-0.2, -0.15) is 0 Å². The first-order chi connectivity index (χ1) is 10.1. The summed E-state index contributed by atoms with van der Waals surface area (Å²) < 4.78 is 0. The number of nitrogens with zero attached hydrogens (tertiary/aromatic N) is 1. The summed E-state index contributed by atoms with van der Waals surface area (Å²) in [5.41, 5.74) is 12.1. The van der Waals surface area contributed by atoms with Crippen LogP contribution in [0.3, 0.4) is 0 Å². The van der Waals surface area contributed by atoms with Gasteiger partial charge in [-0.1, -0.05) is 60.7 Å². The molecule has 0 aromatic heterocycles. The summed E-state index contributed by atoms with van der Waals surface area (Å²) in [5, 5.41) is 2.00. The fraction of sp³-hybridized carbons (Fsp3) is 0.333. The van der Waals surface area contributed by atoms with Crippen LogP contribution in [0, 0.1) is 0 Å². The molecule has 0 spiro atoms. The molecule has 0 saturated carbocycles. The standard InChI is InChI=1S/C18H25N3/c1-21(2)20-18(15-19,13-16-9-5-3-6-10-16)14-17-11-7-4-8-12-17/h3-12,20H,13-15,19H2,1-2H3.